The lowest BCUT2D eigenvalue weighted by atomic mass is 9.89. The predicted octanol–water partition coefficient (Wildman–Crippen LogP) is 3.09. The highest BCUT2D eigenvalue weighted by Crippen LogP contribution is 2.30. The van der Waals surface area contributed by atoms with Gasteiger partial charge in [-0.2, -0.15) is 0 Å². The molecule has 39 heavy (non-hydrogen) atoms. The number of hydrogen-bond acceptors (Lipinski definition) is 9. The number of ether oxygens (including phenoxy) is 2. The van der Waals surface area contributed by atoms with Crippen LogP contribution >= 0.6 is 0 Å². The zero-order valence-corrected chi connectivity index (χ0v) is 22.8. The van der Waals surface area contributed by atoms with Crippen LogP contribution in [0.25, 0.3) is 0 Å². The first-order valence-electron chi connectivity index (χ1n) is 13.4. The van der Waals surface area contributed by atoms with Crippen molar-refractivity contribution in [2.45, 2.75) is 64.0 Å². The Morgan fingerprint density at radius 1 is 1.31 bits per heavy atom. The summed E-state index contributed by atoms with van der Waals surface area (Å²) in [6.45, 7) is 6.32. The SMILES string of the molecule is CO[C@H]1C[C@H](Nc2cc(C(=O)NC[C@@](C)(O)CN3CCc4c(ccc(OCc5cnco5)c4C)C3)ccn2)C1. The summed E-state index contributed by atoms with van der Waals surface area (Å²) in [6, 6.07) is 7.82. The van der Waals surface area contributed by atoms with Gasteiger partial charge in [-0.25, -0.2) is 9.97 Å². The molecule has 1 atom stereocenters. The Balaban J connectivity index is 1.11. The van der Waals surface area contributed by atoms with Gasteiger partial charge >= 0.3 is 0 Å². The first kappa shape index (κ1) is 27.1. The number of pyridine rings is 1. The number of amides is 1. The van der Waals surface area contributed by atoms with Gasteiger partial charge in [0.1, 0.15) is 18.2 Å². The standard InChI is InChI=1S/C29H37N5O5/c1-19-25-7-9-34(14-21(25)4-5-26(19)38-15-24-13-30-18-39-24)17-29(2,36)16-32-28(35)20-6-8-31-27(10-20)33-22-11-23(12-22)37-3/h4-6,8,10,13,18,22-23,36H,7,9,11-12,14-17H2,1-3H3,(H,31,33)(H,32,35)/t22-,23-,29-/m1/s1. The number of aromatic nitrogens is 2. The van der Waals surface area contributed by atoms with Gasteiger partial charge in [-0.1, -0.05) is 6.07 Å². The lowest BCUT2D eigenvalue weighted by Crippen LogP contribution is -2.49. The monoisotopic (exact) mass is 535 g/mol. The summed E-state index contributed by atoms with van der Waals surface area (Å²) in [4.78, 5) is 23.3. The molecule has 1 saturated carbocycles. The number of carbonyl (C=O) groups is 1. The molecule has 10 heteroatoms. The Bertz CT molecular complexity index is 1270. The predicted molar refractivity (Wildman–Crippen MR) is 146 cm³/mol. The summed E-state index contributed by atoms with van der Waals surface area (Å²) in [5.41, 5.74) is 3.07. The number of carbonyl (C=O) groups excluding carboxylic acids is 1. The Morgan fingerprint density at radius 2 is 2.15 bits per heavy atom. The van der Waals surface area contributed by atoms with E-state index < -0.39 is 5.60 Å². The highest BCUT2D eigenvalue weighted by atomic mass is 16.5. The molecule has 208 valence electrons. The fourth-order valence-corrected chi connectivity index (χ4v) is 5.28. The lowest BCUT2D eigenvalue weighted by Gasteiger charge is -2.35. The van der Waals surface area contributed by atoms with Crippen molar-refractivity contribution in [2.24, 2.45) is 0 Å². The van der Waals surface area contributed by atoms with Crippen LogP contribution in [-0.2, 0) is 24.3 Å². The van der Waals surface area contributed by atoms with E-state index in [0.29, 0.717) is 36.3 Å². The first-order chi connectivity index (χ1) is 18.8. The molecule has 0 bridgehead atoms. The van der Waals surface area contributed by atoms with Gasteiger partial charge in [0.25, 0.3) is 5.91 Å². The van der Waals surface area contributed by atoms with Gasteiger partial charge in [0, 0.05) is 51.1 Å². The summed E-state index contributed by atoms with van der Waals surface area (Å²) in [6.07, 6.45) is 7.68. The van der Waals surface area contributed by atoms with Crippen molar-refractivity contribution in [3.8, 4) is 5.75 Å². The number of fused-ring (bicyclic) bond motifs is 1. The molecule has 0 saturated heterocycles. The van der Waals surface area contributed by atoms with Crippen LogP contribution in [0, 0.1) is 6.92 Å². The third-order valence-corrected chi connectivity index (χ3v) is 7.57. The second kappa shape index (κ2) is 11.7. The van der Waals surface area contributed by atoms with Gasteiger partial charge in [-0.05, 0) is 68.0 Å². The number of nitrogens with one attached hydrogen (secondary N) is 2. The van der Waals surface area contributed by atoms with Crippen LogP contribution in [0.2, 0.25) is 0 Å². The molecule has 1 amide bonds. The lowest BCUT2D eigenvalue weighted by molar-refractivity contribution is 0.0159. The van der Waals surface area contributed by atoms with Crippen LogP contribution in [0.15, 0.2) is 47.5 Å². The van der Waals surface area contributed by atoms with E-state index in [0.717, 1.165) is 43.7 Å². The second-order valence-electron chi connectivity index (χ2n) is 10.8. The number of aliphatic hydroxyl groups is 1. The van der Waals surface area contributed by atoms with Crippen LogP contribution in [0.5, 0.6) is 5.75 Å². The summed E-state index contributed by atoms with van der Waals surface area (Å²) in [5.74, 6) is 1.96. The van der Waals surface area contributed by atoms with E-state index in [2.05, 4.69) is 38.5 Å². The van der Waals surface area contributed by atoms with Crippen molar-refractivity contribution in [3.63, 3.8) is 0 Å². The van der Waals surface area contributed by atoms with Crippen LogP contribution in [0.1, 0.15) is 52.6 Å². The molecule has 1 fully saturated rings. The zero-order valence-electron chi connectivity index (χ0n) is 22.8. The van der Waals surface area contributed by atoms with E-state index >= 15 is 0 Å². The van der Waals surface area contributed by atoms with E-state index in [-0.39, 0.29) is 18.6 Å². The summed E-state index contributed by atoms with van der Waals surface area (Å²) in [5, 5.41) is 17.4. The average Bonchev–Trinajstić information content (AvgIpc) is 3.42. The molecule has 1 aliphatic carbocycles. The van der Waals surface area contributed by atoms with Gasteiger partial charge in [0.05, 0.1) is 17.9 Å². The minimum atomic E-state index is -1.09. The van der Waals surface area contributed by atoms with Gasteiger partial charge in [0.15, 0.2) is 12.2 Å². The number of benzene rings is 1. The van der Waals surface area contributed by atoms with Gasteiger partial charge in [0.2, 0.25) is 0 Å². The Labute approximate surface area is 228 Å². The highest BCUT2D eigenvalue weighted by molar-refractivity contribution is 5.94. The van der Waals surface area contributed by atoms with Crippen LogP contribution < -0.4 is 15.4 Å². The molecule has 10 nitrogen and oxygen atoms in total. The van der Waals surface area contributed by atoms with Crippen molar-refractivity contribution in [2.75, 3.05) is 32.1 Å². The zero-order chi connectivity index (χ0) is 27.4. The number of nitrogens with zero attached hydrogens (tertiary/aromatic N) is 3. The van der Waals surface area contributed by atoms with Crippen molar-refractivity contribution >= 4 is 11.7 Å². The van der Waals surface area contributed by atoms with Crippen molar-refractivity contribution in [3.05, 3.63) is 71.1 Å². The molecule has 2 aliphatic rings. The average molecular weight is 536 g/mol. The van der Waals surface area contributed by atoms with Crippen molar-refractivity contribution in [1.82, 2.24) is 20.2 Å². The van der Waals surface area contributed by atoms with E-state index in [1.165, 1.54) is 17.5 Å². The highest BCUT2D eigenvalue weighted by Gasteiger charge is 2.30. The summed E-state index contributed by atoms with van der Waals surface area (Å²) in [7, 11) is 1.72. The van der Waals surface area contributed by atoms with Crippen molar-refractivity contribution < 1.29 is 23.8 Å². The smallest absolute Gasteiger partial charge is 0.251 e. The number of anilines is 1. The molecule has 3 N–H and O–H groups in total. The Morgan fingerprint density at radius 3 is 2.92 bits per heavy atom. The number of rotatable bonds is 11. The topological polar surface area (TPSA) is 122 Å². The molecular formula is C29H37N5O5. The van der Waals surface area contributed by atoms with E-state index in [9.17, 15) is 9.90 Å². The fraction of sp³-hybridized carbons (Fsp3) is 0.483. The largest absolute Gasteiger partial charge is 0.485 e. The maximum absolute atomic E-state index is 12.8. The van der Waals surface area contributed by atoms with Crippen LogP contribution in [-0.4, -0.2) is 70.4 Å². The van der Waals surface area contributed by atoms with E-state index in [4.69, 9.17) is 13.9 Å². The molecule has 5 rings (SSSR count). The Kier molecular flexibility index (Phi) is 8.15. The third kappa shape index (κ3) is 6.76. The van der Waals surface area contributed by atoms with Crippen LogP contribution in [0.4, 0.5) is 5.82 Å². The van der Waals surface area contributed by atoms with E-state index in [1.54, 1.807) is 38.6 Å². The number of methoxy groups -OCH3 is 1. The Hall–Kier alpha value is -3.47. The summed E-state index contributed by atoms with van der Waals surface area (Å²) >= 11 is 0. The number of β-amino-alcohol motifs (C(OH)–C–C–N with tert-alkyl or cyclic N) is 1. The molecule has 1 aromatic carbocycles. The second-order valence-corrected chi connectivity index (χ2v) is 10.8. The first-order valence-corrected chi connectivity index (χ1v) is 13.4. The normalized spacial score (nSPS) is 20.4. The molecule has 0 radical (unpaired) electrons. The molecule has 0 unspecified atom stereocenters. The maximum atomic E-state index is 12.8. The van der Waals surface area contributed by atoms with Crippen LogP contribution in [0.3, 0.4) is 0 Å². The number of oxazole rings is 1. The van der Waals surface area contributed by atoms with Crippen molar-refractivity contribution in [1.29, 1.82) is 0 Å². The fourth-order valence-electron chi connectivity index (χ4n) is 5.28. The summed E-state index contributed by atoms with van der Waals surface area (Å²) < 4.78 is 16.5. The molecule has 1 aliphatic heterocycles. The molecular weight excluding hydrogens is 498 g/mol. The van der Waals surface area contributed by atoms with E-state index in [1.807, 2.05) is 6.07 Å². The maximum Gasteiger partial charge on any atom is 0.251 e. The minimum Gasteiger partial charge on any atom is -0.485 e. The number of hydrogen-bond donors (Lipinski definition) is 3. The molecule has 3 aromatic rings. The molecule has 3 heterocycles. The quantitative estimate of drug-likeness (QED) is 0.340. The van der Waals surface area contributed by atoms with Gasteiger partial charge < -0.3 is 29.6 Å². The van der Waals surface area contributed by atoms with Gasteiger partial charge in [-0.15, -0.1) is 0 Å². The van der Waals surface area contributed by atoms with Gasteiger partial charge in [-0.3, -0.25) is 9.69 Å². The third-order valence-electron chi connectivity index (χ3n) is 7.57. The minimum absolute atomic E-state index is 0.145. The molecule has 2 aromatic heterocycles. The molecule has 0 spiro atoms.